The molecule has 4 aromatic rings. The number of halogens is 3. The van der Waals surface area contributed by atoms with E-state index in [2.05, 4.69) is 15.3 Å². The zero-order chi connectivity index (χ0) is 30.7. The molecule has 3 aromatic heterocycles. The summed E-state index contributed by atoms with van der Waals surface area (Å²) in [5.41, 5.74) is 7.47. The summed E-state index contributed by atoms with van der Waals surface area (Å²) < 4.78 is 46.4. The minimum absolute atomic E-state index is 0.0414. The van der Waals surface area contributed by atoms with E-state index in [-0.39, 0.29) is 35.1 Å². The van der Waals surface area contributed by atoms with Crippen LogP contribution in [0.5, 0.6) is 0 Å². The summed E-state index contributed by atoms with van der Waals surface area (Å²) in [6.07, 6.45) is 1.80. The van der Waals surface area contributed by atoms with Crippen molar-refractivity contribution in [1.82, 2.24) is 24.3 Å². The number of amides is 2. The van der Waals surface area contributed by atoms with Crippen molar-refractivity contribution in [2.24, 2.45) is 0 Å². The van der Waals surface area contributed by atoms with Gasteiger partial charge in [0.25, 0.3) is 5.91 Å². The zero-order valence-corrected chi connectivity index (χ0v) is 23.8. The van der Waals surface area contributed by atoms with Gasteiger partial charge in [0.1, 0.15) is 28.7 Å². The van der Waals surface area contributed by atoms with E-state index in [4.69, 9.17) is 15.5 Å². The van der Waals surface area contributed by atoms with Crippen molar-refractivity contribution in [3.8, 4) is 11.3 Å². The topological polar surface area (TPSA) is 128 Å². The van der Waals surface area contributed by atoms with Crippen LogP contribution in [0.25, 0.3) is 16.8 Å². The molecule has 43 heavy (non-hydrogen) atoms. The molecule has 10 nitrogen and oxygen atoms in total. The second-order valence-corrected chi connectivity index (χ2v) is 10.4. The van der Waals surface area contributed by atoms with Crippen molar-refractivity contribution in [3.63, 3.8) is 0 Å². The first kappa shape index (κ1) is 30.0. The summed E-state index contributed by atoms with van der Waals surface area (Å²) in [7, 11) is 0. The number of aromatic nitrogens is 4. The van der Waals surface area contributed by atoms with Crippen molar-refractivity contribution < 1.29 is 27.5 Å². The van der Waals surface area contributed by atoms with Gasteiger partial charge in [0, 0.05) is 54.8 Å². The second-order valence-electron chi connectivity index (χ2n) is 10.4. The number of anilines is 2. The van der Waals surface area contributed by atoms with Crippen molar-refractivity contribution in [1.29, 1.82) is 0 Å². The number of nitrogens with two attached hydrogens (primary N) is 1. The van der Waals surface area contributed by atoms with Crippen LogP contribution in [-0.4, -0.2) is 61.9 Å². The Kier molecular flexibility index (Phi) is 8.62. The fraction of sp³-hybridized carbons (Fsp3) is 0.367. The maximum Gasteiger partial charge on any atom is 0.416 e. The number of alkyl halides is 3. The molecule has 13 heteroatoms. The van der Waals surface area contributed by atoms with E-state index in [0.717, 1.165) is 37.0 Å². The molecule has 1 aromatic carbocycles. The number of hydrogen-bond acceptors (Lipinski definition) is 7. The van der Waals surface area contributed by atoms with E-state index in [1.165, 1.54) is 0 Å². The average molecular weight is 596 g/mol. The number of nitrogen functional groups attached to an aromatic ring is 1. The monoisotopic (exact) mass is 595 g/mol. The summed E-state index contributed by atoms with van der Waals surface area (Å²) >= 11 is 0. The molecule has 2 atom stereocenters. The number of nitrogens with zero attached hydrogens (tertiary/aromatic N) is 5. The van der Waals surface area contributed by atoms with Crippen LogP contribution in [0, 0.1) is 0 Å². The third-order valence-electron chi connectivity index (χ3n) is 7.59. The number of carbonyl (C=O) groups is 2. The Morgan fingerprint density at radius 3 is 2.60 bits per heavy atom. The maximum absolute atomic E-state index is 13.0. The molecule has 3 N–H and O–H groups in total. The fourth-order valence-corrected chi connectivity index (χ4v) is 5.33. The smallest absolute Gasteiger partial charge is 0.382 e. The molecule has 0 aliphatic carbocycles. The van der Waals surface area contributed by atoms with Crippen LogP contribution in [0.15, 0.2) is 55.0 Å². The summed E-state index contributed by atoms with van der Waals surface area (Å²) in [4.78, 5) is 40.7. The van der Waals surface area contributed by atoms with Crippen molar-refractivity contribution in [3.05, 3.63) is 71.9 Å². The minimum atomic E-state index is -4.56. The van der Waals surface area contributed by atoms with E-state index in [9.17, 15) is 22.8 Å². The van der Waals surface area contributed by atoms with Gasteiger partial charge in [-0.3, -0.25) is 14.0 Å². The molecule has 2 amide bonds. The summed E-state index contributed by atoms with van der Waals surface area (Å²) in [6, 6.07) is 8.21. The van der Waals surface area contributed by atoms with Gasteiger partial charge in [-0.15, -0.1) is 0 Å². The summed E-state index contributed by atoms with van der Waals surface area (Å²) in [5.74, 6) is 0.219. The Balaban J connectivity index is 1.40. The van der Waals surface area contributed by atoms with Crippen LogP contribution >= 0.6 is 0 Å². The number of carbonyl (C=O) groups excluding carboxylic acids is 2. The highest BCUT2D eigenvalue weighted by atomic mass is 19.4. The molecule has 4 heterocycles. The first-order valence-electron chi connectivity index (χ1n) is 14.0. The number of imidazole rings is 1. The van der Waals surface area contributed by atoms with Gasteiger partial charge in [-0.2, -0.15) is 13.2 Å². The van der Waals surface area contributed by atoms with Crippen molar-refractivity contribution in [2.75, 3.05) is 30.8 Å². The van der Waals surface area contributed by atoms with Gasteiger partial charge in [-0.1, -0.05) is 12.1 Å². The highest BCUT2D eigenvalue weighted by molar-refractivity contribution is 6.04. The zero-order valence-electron chi connectivity index (χ0n) is 23.8. The molecule has 226 valence electrons. The Morgan fingerprint density at radius 2 is 1.88 bits per heavy atom. The number of hydrogen-bond donors (Lipinski definition) is 2. The quantitative estimate of drug-likeness (QED) is 0.269. The van der Waals surface area contributed by atoms with Crippen LogP contribution in [0.2, 0.25) is 0 Å². The van der Waals surface area contributed by atoms with E-state index in [1.807, 2.05) is 23.1 Å². The number of rotatable bonds is 8. The van der Waals surface area contributed by atoms with Crippen LogP contribution in [0.3, 0.4) is 0 Å². The summed E-state index contributed by atoms with van der Waals surface area (Å²) in [5, 5.41) is 2.41. The SMILES string of the molecule is CCOCCC(=O)N1C[C@H](c2nc(-c3ccc(C(=O)Nc4cc(C(F)(F)F)ccn4)cc3)c3c(N)nccn23)CCC1C. The largest absolute Gasteiger partial charge is 0.416 e. The molecule has 1 fully saturated rings. The first-order valence-corrected chi connectivity index (χ1v) is 14.0. The molecule has 5 rings (SSSR count). The Hall–Kier alpha value is -4.52. The number of nitrogens with one attached hydrogen (secondary N) is 1. The molecule has 0 bridgehead atoms. The molecular weight excluding hydrogens is 563 g/mol. The highest BCUT2D eigenvalue weighted by Crippen LogP contribution is 2.35. The van der Waals surface area contributed by atoms with Crippen LogP contribution in [-0.2, 0) is 15.7 Å². The molecule has 0 spiro atoms. The maximum atomic E-state index is 13.0. The minimum Gasteiger partial charge on any atom is -0.382 e. The predicted octanol–water partition coefficient (Wildman–Crippen LogP) is 5.17. The average Bonchev–Trinajstić information content (AvgIpc) is 3.38. The molecular formula is C30H32F3N7O3. The standard InChI is InChI=1S/C30H32F3N7O3/c1-3-43-15-11-24(41)40-17-21(5-4-18(40)2)28-38-25(26-27(34)36-13-14-39(26)28)19-6-8-20(9-7-19)29(42)37-23-16-22(10-12-35-23)30(31,32)33/h6-10,12-14,16,18,21H,3-5,11,15,17H2,1-2H3,(H2,34,36)(H,35,37,42)/t18?,21-/m1/s1. The van der Waals surface area contributed by atoms with Crippen LogP contribution in [0.1, 0.15) is 60.8 Å². The Bertz CT molecular complexity index is 1620. The highest BCUT2D eigenvalue weighted by Gasteiger charge is 2.33. The van der Waals surface area contributed by atoms with Gasteiger partial charge in [0.15, 0.2) is 0 Å². The lowest BCUT2D eigenvalue weighted by atomic mass is 9.92. The third kappa shape index (κ3) is 6.46. The summed E-state index contributed by atoms with van der Waals surface area (Å²) in [6.45, 7) is 5.39. The second kappa shape index (κ2) is 12.4. The molecule has 1 aliphatic heterocycles. The van der Waals surface area contributed by atoms with Crippen molar-refractivity contribution >= 4 is 29.0 Å². The third-order valence-corrected chi connectivity index (χ3v) is 7.59. The molecule has 1 unspecified atom stereocenters. The first-order chi connectivity index (χ1) is 20.6. The van der Waals surface area contributed by atoms with Crippen LogP contribution < -0.4 is 11.1 Å². The molecule has 0 radical (unpaired) electrons. The van der Waals surface area contributed by atoms with E-state index >= 15 is 0 Å². The number of fused-ring (bicyclic) bond motifs is 1. The molecule has 1 aliphatic rings. The van der Waals surface area contributed by atoms with E-state index < -0.39 is 17.6 Å². The van der Waals surface area contributed by atoms with Gasteiger partial charge in [0.2, 0.25) is 5.91 Å². The van der Waals surface area contributed by atoms with Gasteiger partial charge in [-0.05, 0) is 51.0 Å². The Labute approximate surface area is 246 Å². The van der Waals surface area contributed by atoms with Gasteiger partial charge < -0.3 is 20.7 Å². The van der Waals surface area contributed by atoms with Crippen LogP contribution in [0.4, 0.5) is 24.8 Å². The fourth-order valence-electron chi connectivity index (χ4n) is 5.33. The number of benzene rings is 1. The number of ether oxygens (including phenoxy) is 1. The number of piperidine rings is 1. The lowest BCUT2D eigenvalue weighted by Gasteiger charge is -2.37. The Morgan fingerprint density at radius 1 is 1.12 bits per heavy atom. The van der Waals surface area contributed by atoms with Crippen molar-refractivity contribution in [2.45, 2.75) is 51.2 Å². The predicted molar refractivity (Wildman–Crippen MR) is 154 cm³/mol. The normalized spacial score (nSPS) is 17.3. The number of likely N-dealkylation sites (tertiary alicyclic amines) is 1. The van der Waals surface area contributed by atoms with Gasteiger partial charge in [0.05, 0.1) is 18.6 Å². The van der Waals surface area contributed by atoms with Gasteiger partial charge in [-0.25, -0.2) is 15.0 Å². The van der Waals surface area contributed by atoms with E-state index in [0.29, 0.717) is 43.0 Å². The molecule has 0 saturated carbocycles. The van der Waals surface area contributed by atoms with Gasteiger partial charge >= 0.3 is 6.18 Å². The lowest BCUT2D eigenvalue weighted by Crippen LogP contribution is -2.45. The lowest BCUT2D eigenvalue weighted by molar-refractivity contribution is -0.138. The molecule has 1 saturated heterocycles. The van der Waals surface area contributed by atoms with E-state index in [1.54, 1.807) is 36.7 Å². The number of pyridine rings is 1.